The van der Waals surface area contributed by atoms with Crippen LogP contribution in [-0.2, 0) is 10.5 Å². The summed E-state index contributed by atoms with van der Waals surface area (Å²) in [4.78, 5) is 11.7. The van der Waals surface area contributed by atoms with Crippen LogP contribution >= 0.6 is 46.7 Å². The van der Waals surface area contributed by atoms with Crippen molar-refractivity contribution in [2.75, 3.05) is 18.1 Å². The van der Waals surface area contributed by atoms with E-state index in [1.165, 1.54) is 0 Å². The van der Waals surface area contributed by atoms with Crippen molar-refractivity contribution in [3.8, 4) is 0 Å². The van der Waals surface area contributed by atoms with Gasteiger partial charge in [-0.25, -0.2) is 0 Å². The molecule has 0 saturated carbocycles. The summed E-state index contributed by atoms with van der Waals surface area (Å²) >= 11 is 15.3. The number of benzene rings is 1. The molecule has 1 aromatic rings. The molecule has 1 rings (SSSR count). The first-order valence-electron chi connectivity index (χ1n) is 6.70. The van der Waals surface area contributed by atoms with Gasteiger partial charge in [-0.2, -0.15) is 11.8 Å². The molecule has 0 saturated heterocycles. The smallest absolute Gasteiger partial charge is 0.230 e. The average Bonchev–Trinajstić information content (AvgIpc) is 2.36. The van der Waals surface area contributed by atoms with E-state index < -0.39 is 0 Å². The van der Waals surface area contributed by atoms with Gasteiger partial charge in [-0.1, -0.05) is 50.0 Å². The molecule has 6 heteroatoms. The summed E-state index contributed by atoms with van der Waals surface area (Å²) in [7, 11) is 0. The summed E-state index contributed by atoms with van der Waals surface area (Å²) in [6.07, 6.45) is 0. The van der Waals surface area contributed by atoms with Crippen molar-refractivity contribution in [3.05, 3.63) is 33.8 Å². The van der Waals surface area contributed by atoms with Crippen LogP contribution in [0.15, 0.2) is 18.2 Å². The van der Waals surface area contributed by atoms with Crippen LogP contribution in [0.1, 0.15) is 26.3 Å². The molecule has 0 spiro atoms. The molecular weight excluding hydrogens is 345 g/mol. The predicted octanol–water partition coefficient (Wildman–Crippen LogP) is 4.87. The van der Waals surface area contributed by atoms with Crippen LogP contribution in [0, 0.1) is 0 Å². The Morgan fingerprint density at radius 3 is 2.62 bits per heavy atom. The number of thioether (sulfide) groups is 2. The molecule has 118 valence electrons. The van der Waals surface area contributed by atoms with Gasteiger partial charge in [-0.3, -0.25) is 4.79 Å². The molecule has 0 aliphatic rings. The van der Waals surface area contributed by atoms with Gasteiger partial charge in [0.15, 0.2) is 0 Å². The van der Waals surface area contributed by atoms with E-state index >= 15 is 0 Å². The van der Waals surface area contributed by atoms with Crippen LogP contribution in [0.4, 0.5) is 0 Å². The quantitative estimate of drug-likeness (QED) is 0.698. The van der Waals surface area contributed by atoms with Crippen LogP contribution in [0.2, 0.25) is 10.0 Å². The second-order valence-corrected chi connectivity index (χ2v) is 9.29. The zero-order valence-electron chi connectivity index (χ0n) is 12.5. The number of nitrogens with one attached hydrogen (secondary N) is 1. The first kappa shape index (κ1) is 19.0. The van der Waals surface area contributed by atoms with E-state index in [1.807, 2.05) is 23.9 Å². The van der Waals surface area contributed by atoms with Crippen molar-refractivity contribution in [1.82, 2.24) is 5.32 Å². The second-order valence-electron chi connectivity index (χ2n) is 5.54. The Kier molecular flexibility index (Phi) is 8.32. The van der Waals surface area contributed by atoms with Crippen LogP contribution in [0.25, 0.3) is 0 Å². The first-order valence-corrected chi connectivity index (χ1v) is 9.60. The maximum atomic E-state index is 11.7. The number of carbonyl (C=O) groups excluding carboxylic acids is 1. The highest BCUT2D eigenvalue weighted by atomic mass is 35.5. The van der Waals surface area contributed by atoms with Gasteiger partial charge >= 0.3 is 0 Å². The predicted molar refractivity (Wildman–Crippen MR) is 97.8 cm³/mol. The van der Waals surface area contributed by atoms with Crippen molar-refractivity contribution in [1.29, 1.82) is 0 Å². The van der Waals surface area contributed by atoms with E-state index in [9.17, 15) is 4.79 Å². The highest BCUT2D eigenvalue weighted by Gasteiger charge is 2.10. The van der Waals surface area contributed by atoms with Gasteiger partial charge < -0.3 is 5.32 Å². The lowest BCUT2D eigenvalue weighted by molar-refractivity contribution is -0.118. The van der Waals surface area contributed by atoms with Crippen molar-refractivity contribution < 1.29 is 4.79 Å². The molecule has 1 N–H and O–H groups in total. The summed E-state index contributed by atoms with van der Waals surface area (Å²) in [6, 6.07) is 5.44. The highest BCUT2D eigenvalue weighted by Crippen LogP contribution is 2.24. The monoisotopic (exact) mass is 365 g/mol. The summed E-state index contributed by atoms with van der Waals surface area (Å²) in [5, 5.41) is 4.21. The van der Waals surface area contributed by atoms with Crippen LogP contribution < -0.4 is 5.32 Å². The number of carbonyl (C=O) groups is 1. The number of hydrogen-bond acceptors (Lipinski definition) is 3. The minimum atomic E-state index is 0.0691. The Morgan fingerprint density at radius 1 is 1.29 bits per heavy atom. The third-order valence-corrected chi connectivity index (χ3v) is 5.31. The standard InChI is InChI=1S/C15H21Cl2NOS2/c1-15(2,3)21-7-6-18-14(19)10-20-9-11-4-5-12(16)8-13(11)17/h4-5,8H,6-7,9-10H2,1-3H3,(H,18,19). The first-order chi connectivity index (χ1) is 9.78. The summed E-state index contributed by atoms with van der Waals surface area (Å²) in [5.41, 5.74) is 1.00. The van der Waals surface area contributed by atoms with Crippen LogP contribution in [-0.4, -0.2) is 28.7 Å². The van der Waals surface area contributed by atoms with Gasteiger partial charge in [0.2, 0.25) is 5.91 Å². The molecule has 0 aromatic heterocycles. The molecule has 2 nitrogen and oxygen atoms in total. The average molecular weight is 366 g/mol. The van der Waals surface area contributed by atoms with E-state index in [0.29, 0.717) is 28.1 Å². The molecule has 0 bridgehead atoms. The SMILES string of the molecule is CC(C)(C)SCCNC(=O)CSCc1ccc(Cl)cc1Cl. The zero-order chi connectivity index (χ0) is 15.9. The van der Waals surface area contributed by atoms with Gasteiger partial charge in [-0.05, 0) is 17.7 Å². The largest absolute Gasteiger partial charge is 0.355 e. The number of hydrogen-bond donors (Lipinski definition) is 1. The molecule has 0 atom stereocenters. The van der Waals surface area contributed by atoms with Crippen molar-refractivity contribution in [2.24, 2.45) is 0 Å². The molecule has 0 unspecified atom stereocenters. The van der Waals surface area contributed by atoms with Crippen molar-refractivity contribution >= 4 is 52.6 Å². The molecule has 0 heterocycles. The van der Waals surface area contributed by atoms with Crippen LogP contribution in [0.3, 0.4) is 0 Å². The molecule has 0 aliphatic carbocycles. The lowest BCUT2D eigenvalue weighted by atomic mass is 10.2. The number of halogens is 2. The molecule has 21 heavy (non-hydrogen) atoms. The normalized spacial score (nSPS) is 11.5. The minimum Gasteiger partial charge on any atom is -0.355 e. The Labute approximate surface area is 145 Å². The Balaban J connectivity index is 2.19. The lowest BCUT2D eigenvalue weighted by Gasteiger charge is -2.17. The molecule has 0 aliphatic heterocycles. The minimum absolute atomic E-state index is 0.0691. The Bertz CT molecular complexity index is 475. The molecule has 1 aromatic carbocycles. The molecule has 1 amide bonds. The van der Waals surface area contributed by atoms with E-state index in [-0.39, 0.29) is 10.7 Å². The van der Waals surface area contributed by atoms with Gasteiger partial charge in [0.05, 0.1) is 5.75 Å². The highest BCUT2D eigenvalue weighted by molar-refractivity contribution is 8.00. The van der Waals surface area contributed by atoms with Gasteiger partial charge in [0, 0.05) is 32.8 Å². The fourth-order valence-electron chi connectivity index (χ4n) is 1.49. The van der Waals surface area contributed by atoms with E-state index in [2.05, 4.69) is 26.1 Å². The summed E-state index contributed by atoms with van der Waals surface area (Å²) in [6.45, 7) is 7.23. The molecule has 0 fully saturated rings. The fraction of sp³-hybridized carbons (Fsp3) is 0.533. The topological polar surface area (TPSA) is 29.1 Å². The second kappa shape index (κ2) is 9.19. The number of amides is 1. The third kappa shape index (κ3) is 8.87. The van der Waals surface area contributed by atoms with E-state index in [0.717, 1.165) is 11.3 Å². The Morgan fingerprint density at radius 2 is 2.00 bits per heavy atom. The van der Waals surface area contributed by atoms with Gasteiger partial charge in [0.1, 0.15) is 0 Å². The van der Waals surface area contributed by atoms with Gasteiger partial charge in [0.25, 0.3) is 0 Å². The Hall–Kier alpha value is -0.0300. The number of rotatable bonds is 7. The van der Waals surface area contributed by atoms with E-state index in [1.54, 1.807) is 17.8 Å². The third-order valence-electron chi connectivity index (χ3n) is 2.47. The zero-order valence-corrected chi connectivity index (χ0v) is 15.7. The maximum Gasteiger partial charge on any atom is 0.230 e. The van der Waals surface area contributed by atoms with Gasteiger partial charge in [-0.15, -0.1) is 11.8 Å². The van der Waals surface area contributed by atoms with E-state index in [4.69, 9.17) is 23.2 Å². The molecule has 0 radical (unpaired) electrons. The van der Waals surface area contributed by atoms with Crippen molar-refractivity contribution in [2.45, 2.75) is 31.3 Å². The molecular formula is C15H21Cl2NOS2. The lowest BCUT2D eigenvalue weighted by Crippen LogP contribution is -2.28. The maximum absolute atomic E-state index is 11.7. The fourth-order valence-corrected chi connectivity index (χ4v) is 3.72. The summed E-state index contributed by atoms with van der Waals surface area (Å²) in [5.74, 6) is 2.15. The summed E-state index contributed by atoms with van der Waals surface area (Å²) < 4.78 is 0.241. The van der Waals surface area contributed by atoms with Crippen molar-refractivity contribution in [3.63, 3.8) is 0 Å². The van der Waals surface area contributed by atoms with Crippen LogP contribution in [0.5, 0.6) is 0 Å².